The first-order valence-corrected chi connectivity index (χ1v) is 8.28. The van der Waals surface area contributed by atoms with Crippen LogP contribution in [0.1, 0.15) is 19.3 Å². The maximum absolute atomic E-state index is 12.6. The van der Waals surface area contributed by atoms with Gasteiger partial charge in [-0.1, -0.05) is 30.3 Å². The van der Waals surface area contributed by atoms with Crippen LogP contribution in [0.15, 0.2) is 54.6 Å². The monoisotopic (exact) mass is 326 g/mol. The highest BCUT2D eigenvalue weighted by Gasteiger charge is 2.26. The van der Waals surface area contributed by atoms with Crippen molar-refractivity contribution in [1.29, 1.82) is 0 Å². The first-order valence-electron chi connectivity index (χ1n) is 8.28. The van der Waals surface area contributed by atoms with Crippen molar-refractivity contribution in [1.82, 2.24) is 4.90 Å². The van der Waals surface area contributed by atoms with Gasteiger partial charge in [-0.15, -0.1) is 0 Å². The summed E-state index contributed by atoms with van der Waals surface area (Å²) in [5.74, 6) is 1.31. The fourth-order valence-electron chi connectivity index (χ4n) is 2.92. The molecule has 1 heterocycles. The Kier molecular flexibility index (Phi) is 5.33. The number of nitrogens with one attached hydrogen (secondary N) is 1. The number of rotatable bonds is 4. The molecule has 1 aliphatic heterocycles. The minimum Gasteiger partial charge on any atom is -0.455 e. The smallest absolute Gasteiger partial charge is 0.322 e. The Morgan fingerprint density at radius 2 is 1.88 bits per heavy atom. The van der Waals surface area contributed by atoms with Gasteiger partial charge >= 0.3 is 6.03 Å². The second-order valence-electron chi connectivity index (χ2n) is 5.87. The third-order valence-corrected chi connectivity index (χ3v) is 4.20. The minimum absolute atomic E-state index is 0.00438. The van der Waals surface area contributed by atoms with Gasteiger partial charge in [0.2, 0.25) is 0 Å². The zero-order valence-electron chi connectivity index (χ0n) is 13.5. The van der Waals surface area contributed by atoms with Gasteiger partial charge in [-0.25, -0.2) is 4.79 Å². The number of likely N-dealkylation sites (tertiary alicyclic amines) is 1. The van der Waals surface area contributed by atoms with Crippen LogP contribution in [0, 0.1) is 0 Å². The van der Waals surface area contributed by atoms with Gasteiger partial charge in [-0.3, -0.25) is 0 Å². The summed E-state index contributed by atoms with van der Waals surface area (Å²) in [4.78, 5) is 14.3. The first-order chi connectivity index (χ1) is 11.8. The van der Waals surface area contributed by atoms with Crippen molar-refractivity contribution in [3.8, 4) is 11.5 Å². The average molecular weight is 326 g/mol. The molecule has 1 atom stereocenters. The molecule has 0 bridgehead atoms. The molecule has 0 aromatic heterocycles. The van der Waals surface area contributed by atoms with Gasteiger partial charge in [0.25, 0.3) is 0 Å². The van der Waals surface area contributed by atoms with Crippen molar-refractivity contribution in [2.45, 2.75) is 25.3 Å². The zero-order valence-corrected chi connectivity index (χ0v) is 13.5. The highest BCUT2D eigenvalue weighted by atomic mass is 16.5. The molecule has 2 amide bonds. The number of hydrogen-bond acceptors (Lipinski definition) is 3. The molecule has 2 N–H and O–H groups in total. The van der Waals surface area contributed by atoms with Gasteiger partial charge in [0.15, 0.2) is 5.75 Å². The van der Waals surface area contributed by atoms with E-state index >= 15 is 0 Å². The Labute approximate surface area is 141 Å². The lowest BCUT2D eigenvalue weighted by Crippen LogP contribution is -2.47. The summed E-state index contributed by atoms with van der Waals surface area (Å²) in [5.41, 5.74) is 0.619. The highest BCUT2D eigenvalue weighted by molar-refractivity contribution is 5.91. The second-order valence-corrected chi connectivity index (χ2v) is 5.87. The molecule has 5 nitrogen and oxygen atoms in total. The molecule has 1 saturated heterocycles. The molecule has 0 saturated carbocycles. The molecular formula is C19H22N2O3. The Balaban J connectivity index is 1.74. The molecule has 2 aromatic carbocycles. The van der Waals surface area contributed by atoms with E-state index in [0.29, 0.717) is 23.7 Å². The maximum atomic E-state index is 12.6. The van der Waals surface area contributed by atoms with Crippen molar-refractivity contribution in [2.24, 2.45) is 0 Å². The lowest BCUT2D eigenvalue weighted by atomic mass is 10.0. The third-order valence-electron chi connectivity index (χ3n) is 4.20. The van der Waals surface area contributed by atoms with E-state index in [4.69, 9.17) is 4.74 Å². The number of carbonyl (C=O) groups is 1. The summed E-state index contributed by atoms with van der Waals surface area (Å²) in [7, 11) is 0. The summed E-state index contributed by atoms with van der Waals surface area (Å²) < 4.78 is 5.87. The normalized spacial score (nSPS) is 17.4. The van der Waals surface area contributed by atoms with Crippen LogP contribution in [-0.2, 0) is 0 Å². The maximum Gasteiger partial charge on any atom is 0.322 e. The number of piperidine rings is 1. The third kappa shape index (κ3) is 3.86. The van der Waals surface area contributed by atoms with Gasteiger partial charge < -0.3 is 20.1 Å². The quantitative estimate of drug-likeness (QED) is 0.897. The second kappa shape index (κ2) is 7.84. The molecule has 1 fully saturated rings. The first kappa shape index (κ1) is 16.3. The fourth-order valence-corrected chi connectivity index (χ4v) is 2.92. The molecule has 5 heteroatoms. The van der Waals surface area contributed by atoms with Crippen molar-refractivity contribution >= 4 is 11.7 Å². The van der Waals surface area contributed by atoms with E-state index < -0.39 is 0 Å². The van der Waals surface area contributed by atoms with Crippen LogP contribution in [0.3, 0.4) is 0 Å². The van der Waals surface area contributed by atoms with Gasteiger partial charge in [0.1, 0.15) is 5.75 Å². The van der Waals surface area contributed by atoms with Crippen molar-refractivity contribution in [3.05, 3.63) is 54.6 Å². The molecule has 1 aliphatic rings. The molecule has 0 unspecified atom stereocenters. The number of hydrogen-bond donors (Lipinski definition) is 2. The SMILES string of the molecule is O=C(Nc1ccccc1Oc1ccccc1)N1CCCC[C@@H]1CO. The fraction of sp³-hybridized carbons (Fsp3) is 0.316. The van der Waals surface area contributed by atoms with Gasteiger partial charge in [-0.05, 0) is 43.5 Å². The standard InChI is InChI=1S/C19H22N2O3/c22-14-15-8-6-7-13-21(15)19(23)20-17-11-4-5-12-18(17)24-16-9-2-1-3-10-16/h1-5,9-12,15,22H,6-8,13-14H2,(H,20,23)/t15-/m1/s1. The molecule has 3 rings (SSSR count). The predicted octanol–water partition coefficient (Wildman–Crippen LogP) is 3.86. The molecule has 126 valence electrons. The van der Waals surface area contributed by atoms with Gasteiger partial charge in [-0.2, -0.15) is 0 Å². The minimum atomic E-state index is -0.196. The van der Waals surface area contributed by atoms with Crippen LogP contribution in [0.4, 0.5) is 10.5 Å². The van der Waals surface area contributed by atoms with Crippen molar-refractivity contribution in [2.75, 3.05) is 18.5 Å². The zero-order chi connectivity index (χ0) is 16.8. The van der Waals surface area contributed by atoms with Crippen LogP contribution in [0.2, 0.25) is 0 Å². The number of nitrogens with zero attached hydrogens (tertiary/aromatic N) is 1. The molecule has 0 spiro atoms. The topological polar surface area (TPSA) is 61.8 Å². The molecule has 0 aliphatic carbocycles. The Morgan fingerprint density at radius 1 is 1.12 bits per heavy atom. The summed E-state index contributed by atoms with van der Waals surface area (Å²) in [6, 6.07) is 16.5. The number of anilines is 1. The Hall–Kier alpha value is -2.53. The van der Waals surface area contributed by atoms with Gasteiger partial charge in [0, 0.05) is 6.54 Å². The van der Waals surface area contributed by atoms with Crippen molar-refractivity contribution < 1.29 is 14.6 Å². The van der Waals surface area contributed by atoms with E-state index in [1.165, 1.54) is 0 Å². The molecule has 2 aromatic rings. The number of aliphatic hydroxyl groups is 1. The number of para-hydroxylation sites is 3. The molecular weight excluding hydrogens is 304 g/mol. The number of benzene rings is 2. The molecule has 0 radical (unpaired) electrons. The lowest BCUT2D eigenvalue weighted by Gasteiger charge is -2.34. The Morgan fingerprint density at radius 3 is 2.67 bits per heavy atom. The molecule has 24 heavy (non-hydrogen) atoms. The van der Waals surface area contributed by atoms with Crippen LogP contribution in [-0.4, -0.2) is 35.2 Å². The predicted molar refractivity (Wildman–Crippen MR) is 93.4 cm³/mol. The number of amides is 2. The van der Waals surface area contributed by atoms with E-state index in [2.05, 4.69) is 5.32 Å². The average Bonchev–Trinajstić information content (AvgIpc) is 2.64. The van der Waals surface area contributed by atoms with E-state index in [-0.39, 0.29) is 18.7 Å². The van der Waals surface area contributed by atoms with E-state index in [0.717, 1.165) is 19.3 Å². The van der Waals surface area contributed by atoms with E-state index in [1.54, 1.807) is 4.90 Å². The van der Waals surface area contributed by atoms with Crippen LogP contribution in [0.25, 0.3) is 0 Å². The number of urea groups is 1. The lowest BCUT2D eigenvalue weighted by molar-refractivity contribution is 0.115. The van der Waals surface area contributed by atoms with Crippen LogP contribution < -0.4 is 10.1 Å². The highest BCUT2D eigenvalue weighted by Crippen LogP contribution is 2.29. The van der Waals surface area contributed by atoms with Gasteiger partial charge in [0.05, 0.1) is 18.3 Å². The summed E-state index contributed by atoms with van der Waals surface area (Å²) in [6.45, 7) is 0.661. The van der Waals surface area contributed by atoms with E-state index in [1.807, 2.05) is 54.6 Å². The summed E-state index contributed by atoms with van der Waals surface area (Å²) >= 11 is 0. The largest absolute Gasteiger partial charge is 0.455 e. The van der Waals surface area contributed by atoms with Crippen LogP contribution >= 0.6 is 0 Å². The Bertz CT molecular complexity index is 675. The number of carbonyl (C=O) groups excluding carboxylic acids is 1. The van der Waals surface area contributed by atoms with Crippen molar-refractivity contribution in [3.63, 3.8) is 0 Å². The van der Waals surface area contributed by atoms with Crippen LogP contribution in [0.5, 0.6) is 11.5 Å². The number of aliphatic hydroxyl groups excluding tert-OH is 1. The summed E-state index contributed by atoms with van der Waals surface area (Å²) in [5, 5.41) is 12.4. The summed E-state index contributed by atoms with van der Waals surface area (Å²) in [6.07, 6.45) is 2.85. The number of ether oxygens (including phenoxy) is 1. The van der Waals surface area contributed by atoms with E-state index in [9.17, 15) is 9.90 Å².